The summed E-state index contributed by atoms with van der Waals surface area (Å²) in [6.07, 6.45) is 0. The predicted octanol–water partition coefficient (Wildman–Crippen LogP) is -0.171. The number of hydrogen-bond donors (Lipinski definition) is 1. The SMILES string of the molecule is COc1ccccc1N1CCN(CC(N)=O)CC1=O. The number of methoxy groups -OCH3 is 1. The van der Waals surface area contributed by atoms with Crippen LogP contribution in [0.25, 0.3) is 0 Å². The van der Waals surface area contributed by atoms with Gasteiger partial charge in [-0.1, -0.05) is 12.1 Å². The minimum absolute atomic E-state index is 0.0583. The quantitative estimate of drug-likeness (QED) is 0.818. The number of rotatable bonds is 4. The van der Waals surface area contributed by atoms with E-state index < -0.39 is 5.91 Å². The molecule has 6 nitrogen and oxygen atoms in total. The molecular weight excluding hydrogens is 246 g/mol. The van der Waals surface area contributed by atoms with Crippen LogP contribution >= 0.6 is 0 Å². The van der Waals surface area contributed by atoms with Crippen molar-refractivity contribution in [1.29, 1.82) is 0 Å². The lowest BCUT2D eigenvalue weighted by atomic mass is 10.2. The van der Waals surface area contributed by atoms with Crippen LogP contribution in [-0.4, -0.2) is 50.0 Å². The number of amides is 2. The maximum absolute atomic E-state index is 12.1. The molecule has 2 amide bonds. The van der Waals surface area contributed by atoms with Gasteiger partial charge in [-0.2, -0.15) is 0 Å². The van der Waals surface area contributed by atoms with Crippen molar-refractivity contribution in [3.63, 3.8) is 0 Å². The Morgan fingerprint density at radius 1 is 1.37 bits per heavy atom. The van der Waals surface area contributed by atoms with Crippen LogP contribution in [0.5, 0.6) is 5.75 Å². The number of benzene rings is 1. The lowest BCUT2D eigenvalue weighted by molar-refractivity contribution is -0.123. The van der Waals surface area contributed by atoms with Gasteiger partial charge in [0.1, 0.15) is 5.75 Å². The first-order valence-electron chi connectivity index (χ1n) is 6.06. The van der Waals surface area contributed by atoms with Gasteiger partial charge in [-0.3, -0.25) is 14.5 Å². The number of nitrogens with two attached hydrogens (primary N) is 1. The van der Waals surface area contributed by atoms with E-state index in [2.05, 4.69) is 0 Å². The molecule has 0 aromatic heterocycles. The summed E-state index contributed by atoms with van der Waals surface area (Å²) in [6.45, 7) is 1.45. The lowest BCUT2D eigenvalue weighted by Crippen LogP contribution is -2.52. The summed E-state index contributed by atoms with van der Waals surface area (Å²) < 4.78 is 5.26. The molecule has 1 aromatic carbocycles. The van der Waals surface area contributed by atoms with Gasteiger partial charge in [0, 0.05) is 13.1 Å². The van der Waals surface area contributed by atoms with E-state index in [1.54, 1.807) is 16.9 Å². The van der Waals surface area contributed by atoms with Gasteiger partial charge in [-0.15, -0.1) is 0 Å². The second-order valence-corrected chi connectivity index (χ2v) is 4.39. The summed E-state index contributed by atoms with van der Waals surface area (Å²) >= 11 is 0. The van der Waals surface area contributed by atoms with Crippen LogP contribution in [-0.2, 0) is 9.59 Å². The third-order valence-corrected chi connectivity index (χ3v) is 3.06. The van der Waals surface area contributed by atoms with Gasteiger partial charge in [-0.25, -0.2) is 0 Å². The molecule has 0 bridgehead atoms. The molecule has 0 saturated carbocycles. The molecule has 1 fully saturated rings. The van der Waals surface area contributed by atoms with Crippen molar-refractivity contribution >= 4 is 17.5 Å². The minimum Gasteiger partial charge on any atom is -0.495 e. The van der Waals surface area contributed by atoms with Crippen LogP contribution in [0.3, 0.4) is 0 Å². The van der Waals surface area contributed by atoms with Crippen molar-refractivity contribution in [3.8, 4) is 5.75 Å². The molecule has 1 heterocycles. The number of hydrogen-bond acceptors (Lipinski definition) is 4. The molecule has 19 heavy (non-hydrogen) atoms. The number of carbonyl (C=O) groups excluding carboxylic acids is 2. The number of piperazine rings is 1. The van der Waals surface area contributed by atoms with Crippen molar-refractivity contribution < 1.29 is 14.3 Å². The number of anilines is 1. The molecule has 0 radical (unpaired) electrons. The average molecular weight is 263 g/mol. The Kier molecular flexibility index (Phi) is 4.01. The fraction of sp³-hybridized carbons (Fsp3) is 0.385. The number of carbonyl (C=O) groups is 2. The van der Waals surface area contributed by atoms with E-state index in [-0.39, 0.29) is 19.0 Å². The van der Waals surface area contributed by atoms with E-state index in [4.69, 9.17) is 10.5 Å². The summed E-state index contributed by atoms with van der Waals surface area (Å²) in [7, 11) is 1.58. The van der Waals surface area contributed by atoms with E-state index in [1.165, 1.54) is 0 Å². The zero-order valence-corrected chi connectivity index (χ0v) is 10.8. The topological polar surface area (TPSA) is 75.9 Å². The molecule has 6 heteroatoms. The summed E-state index contributed by atoms with van der Waals surface area (Å²) in [6, 6.07) is 7.38. The summed E-state index contributed by atoms with van der Waals surface area (Å²) in [5.74, 6) is 0.190. The van der Waals surface area contributed by atoms with Crippen LogP contribution in [0.15, 0.2) is 24.3 Å². The third kappa shape index (κ3) is 3.03. The summed E-state index contributed by atoms with van der Waals surface area (Å²) in [5, 5.41) is 0. The zero-order chi connectivity index (χ0) is 13.8. The van der Waals surface area contributed by atoms with Crippen LogP contribution < -0.4 is 15.4 Å². The number of nitrogens with zero attached hydrogens (tertiary/aromatic N) is 2. The van der Waals surface area contributed by atoms with Gasteiger partial charge >= 0.3 is 0 Å². The van der Waals surface area contributed by atoms with Crippen molar-refractivity contribution in [2.24, 2.45) is 5.73 Å². The molecule has 1 saturated heterocycles. The summed E-state index contributed by atoms with van der Waals surface area (Å²) in [4.78, 5) is 26.4. The Morgan fingerprint density at radius 2 is 2.11 bits per heavy atom. The maximum Gasteiger partial charge on any atom is 0.241 e. The average Bonchev–Trinajstić information content (AvgIpc) is 2.38. The first kappa shape index (κ1) is 13.4. The third-order valence-electron chi connectivity index (χ3n) is 3.06. The number of ether oxygens (including phenoxy) is 1. The second-order valence-electron chi connectivity index (χ2n) is 4.39. The maximum atomic E-state index is 12.1. The Balaban J connectivity index is 2.11. The molecule has 102 valence electrons. The fourth-order valence-electron chi connectivity index (χ4n) is 2.18. The normalized spacial score (nSPS) is 16.5. The molecule has 1 aromatic rings. The lowest BCUT2D eigenvalue weighted by Gasteiger charge is -2.34. The van der Waals surface area contributed by atoms with Crippen molar-refractivity contribution in [1.82, 2.24) is 4.90 Å². The van der Waals surface area contributed by atoms with Gasteiger partial charge in [0.25, 0.3) is 0 Å². The highest BCUT2D eigenvalue weighted by molar-refractivity contribution is 5.97. The number of primary amides is 1. The Labute approximate surface area is 111 Å². The van der Waals surface area contributed by atoms with Crippen LogP contribution in [0, 0.1) is 0 Å². The molecule has 0 unspecified atom stereocenters. The smallest absolute Gasteiger partial charge is 0.241 e. The van der Waals surface area contributed by atoms with Crippen molar-refractivity contribution in [3.05, 3.63) is 24.3 Å². The first-order valence-corrected chi connectivity index (χ1v) is 6.06. The van der Waals surface area contributed by atoms with E-state index in [0.29, 0.717) is 18.8 Å². The molecule has 1 aliphatic rings. The van der Waals surface area contributed by atoms with E-state index in [9.17, 15) is 9.59 Å². The highest BCUT2D eigenvalue weighted by Gasteiger charge is 2.27. The van der Waals surface area contributed by atoms with E-state index in [0.717, 1.165) is 5.69 Å². The Hall–Kier alpha value is -2.08. The van der Waals surface area contributed by atoms with Gasteiger partial charge in [0.2, 0.25) is 11.8 Å². The van der Waals surface area contributed by atoms with Crippen molar-refractivity contribution in [2.75, 3.05) is 38.2 Å². The van der Waals surface area contributed by atoms with Gasteiger partial charge in [-0.05, 0) is 12.1 Å². The molecule has 0 atom stereocenters. The molecule has 1 aliphatic heterocycles. The van der Waals surface area contributed by atoms with E-state index in [1.807, 2.05) is 24.3 Å². The fourth-order valence-corrected chi connectivity index (χ4v) is 2.18. The van der Waals surface area contributed by atoms with Gasteiger partial charge in [0.15, 0.2) is 0 Å². The Morgan fingerprint density at radius 3 is 2.74 bits per heavy atom. The highest BCUT2D eigenvalue weighted by Crippen LogP contribution is 2.28. The molecular formula is C13H17N3O3. The molecule has 0 spiro atoms. The highest BCUT2D eigenvalue weighted by atomic mass is 16.5. The van der Waals surface area contributed by atoms with Gasteiger partial charge < -0.3 is 15.4 Å². The predicted molar refractivity (Wildman–Crippen MR) is 71.0 cm³/mol. The monoisotopic (exact) mass is 263 g/mol. The standard InChI is InChI=1S/C13H17N3O3/c1-19-11-5-3-2-4-10(11)16-7-6-15(8-12(14)17)9-13(16)18/h2-5H,6-9H2,1H3,(H2,14,17). The van der Waals surface area contributed by atoms with Crippen molar-refractivity contribution in [2.45, 2.75) is 0 Å². The van der Waals surface area contributed by atoms with Gasteiger partial charge in [0.05, 0.1) is 25.9 Å². The Bertz CT molecular complexity index is 490. The molecule has 2 rings (SSSR count). The van der Waals surface area contributed by atoms with Crippen LogP contribution in [0.2, 0.25) is 0 Å². The minimum atomic E-state index is -0.418. The van der Waals surface area contributed by atoms with Crippen LogP contribution in [0.1, 0.15) is 0 Å². The molecule has 0 aliphatic carbocycles. The van der Waals surface area contributed by atoms with Crippen LogP contribution in [0.4, 0.5) is 5.69 Å². The zero-order valence-electron chi connectivity index (χ0n) is 10.8. The second kappa shape index (κ2) is 5.71. The summed E-state index contributed by atoms with van der Waals surface area (Å²) in [5.41, 5.74) is 5.89. The first-order chi connectivity index (χ1) is 9.11. The molecule has 2 N–H and O–H groups in total. The number of para-hydroxylation sites is 2. The largest absolute Gasteiger partial charge is 0.495 e. The van der Waals surface area contributed by atoms with E-state index >= 15 is 0 Å².